The highest BCUT2D eigenvalue weighted by atomic mass is 16.5. The Hall–Kier alpha value is -1.15. The van der Waals surface area contributed by atoms with Gasteiger partial charge in [-0.1, -0.05) is 24.3 Å². The Morgan fingerprint density at radius 2 is 2.13 bits per heavy atom. The third-order valence-corrected chi connectivity index (χ3v) is 2.89. The Morgan fingerprint density at radius 3 is 2.73 bits per heavy atom. The highest BCUT2D eigenvalue weighted by Crippen LogP contribution is 2.17. The van der Waals surface area contributed by atoms with E-state index in [1.165, 1.54) is 18.4 Å². The Morgan fingerprint density at radius 1 is 1.33 bits per heavy atom. The first-order valence-corrected chi connectivity index (χ1v) is 5.54. The maximum absolute atomic E-state index is 10.5. The van der Waals surface area contributed by atoms with Crippen LogP contribution in [-0.4, -0.2) is 19.0 Å². The summed E-state index contributed by atoms with van der Waals surface area (Å²) in [5.74, 6) is 0. The first kappa shape index (κ1) is 10.4. The molecule has 0 bridgehead atoms. The van der Waals surface area contributed by atoms with Crippen LogP contribution in [0.2, 0.25) is 0 Å². The molecule has 1 heterocycles. The number of aldehydes is 1. The van der Waals surface area contributed by atoms with Crippen molar-refractivity contribution in [1.82, 2.24) is 0 Å². The summed E-state index contributed by atoms with van der Waals surface area (Å²) in [5.41, 5.74) is 2.03. The third kappa shape index (κ3) is 2.90. The Bertz CT molecular complexity index is 310. The van der Waals surface area contributed by atoms with Gasteiger partial charge in [-0.3, -0.25) is 4.79 Å². The fourth-order valence-electron chi connectivity index (χ4n) is 1.96. The summed E-state index contributed by atoms with van der Waals surface area (Å²) in [6.07, 6.45) is 5.88. The highest BCUT2D eigenvalue weighted by Gasteiger charge is 2.14. The quantitative estimate of drug-likeness (QED) is 0.705. The van der Waals surface area contributed by atoms with Crippen molar-refractivity contribution in [2.75, 3.05) is 6.61 Å². The first-order chi connectivity index (χ1) is 7.38. The number of rotatable bonds is 4. The van der Waals surface area contributed by atoms with Crippen molar-refractivity contribution < 1.29 is 9.53 Å². The molecule has 1 aromatic carbocycles. The van der Waals surface area contributed by atoms with Crippen LogP contribution in [-0.2, 0) is 11.2 Å². The number of hydrogen-bond acceptors (Lipinski definition) is 2. The molecule has 0 radical (unpaired) electrons. The van der Waals surface area contributed by atoms with Gasteiger partial charge in [0, 0.05) is 12.2 Å². The monoisotopic (exact) mass is 204 g/mol. The van der Waals surface area contributed by atoms with Crippen LogP contribution in [0.5, 0.6) is 0 Å². The SMILES string of the molecule is O=Cc1ccc(CC[C@@H]2CCCO2)cc1. The van der Waals surface area contributed by atoms with Crippen LogP contribution < -0.4 is 0 Å². The standard InChI is InChI=1S/C13H16O2/c14-10-12-5-3-11(4-6-12)7-8-13-2-1-9-15-13/h3-6,10,13H,1-2,7-9H2/t13-/m0/s1. The maximum atomic E-state index is 10.5. The zero-order valence-corrected chi connectivity index (χ0v) is 8.82. The van der Waals surface area contributed by atoms with Crippen molar-refractivity contribution in [1.29, 1.82) is 0 Å². The van der Waals surface area contributed by atoms with Crippen LogP contribution in [0.25, 0.3) is 0 Å². The summed E-state index contributed by atoms with van der Waals surface area (Å²) in [6.45, 7) is 0.925. The lowest BCUT2D eigenvalue weighted by atomic mass is 10.0. The van der Waals surface area contributed by atoms with Gasteiger partial charge in [-0.25, -0.2) is 0 Å². The van der Waals surface area contributed by atoms with Crippen LogP contribution in [0.4, 0.5) is 0 Å². The zero-order valence-electron chi connectivity index (χ0n) is 8.82. The van der Waals surface area contributed by atoms with Gasteiger partial charge in [0.2, 0.25) is 0 Å². The summed E-state index contributed by atoms with van der Waals surface area (Å²) in [5, 5.41) is 0. The molecule has 1 atom stereocenters. The molecule has 0 amide bonds. The van der Waals surface area contributed by atoms with Crippen LogP contribution in [0, 0.1) is 0 Å². The number of benzene rings is 1. The second-order valence-electron chi connectivity index (χ2n) is 4.03. The minimum absolute atomic E-state index is 0.454. The van der Waals surface area contributed by atoms with Crippen LogP contribution in [0.1, 0.15) is 35.2 Å². The van der Waals surface area contributed by atoms with E-state index in [1.807, 2.05) is 24.3 Å². The lowest BCUT2D eigenvalue weighted by Crippen LogP contribution is -2.06. The molecule has 0 aliphatic carbocycles. The van der Waals surface area contributed by atoms with Crippen molar-refractivity contribution in [3.05, 3.63) is 35.4 Å². The molecule has 1 aromatic rings. The predicted molar refractivity (Wildman–Crippen MR) is 59.1 cm³/mol. The van der Waals surface area contributed by atoms with Crippen molar-refractivity contribution in [3.8, 4) is 0 Å². The summed E-state index contributed by atoms with van der Waals surface area (Å²) >= 11 is 0. The van der Waals surface area contributed by atoms with E-state index in [4.69, 9.17) is 4.74 Å². The molecule has 1 fully saturated rings. The summed E-state index contributed by atoms with van der Waals surface area (Å²) in [4.78, 5) is 10.5. The van der Waals surface area contributed by atoms with Crippen molar-refractivity contribution in [3.63, 3.8) is 0 Å². The molecule has 2 rings (SSSR count). The molecule has 1 saturated heterocycles. The largest absolute Gasteiger partial charge is 0.378 e. The van der Waals surface area contributed by atoms with Gasteiger partial charge in [0.15, 0.2) is 0 Å². The van der Waals surface area contributed by atoms with E-state index in [0.717, 1.165) is 31.3 Å². The average Bonchev–Trinajstić information content (AvgIpc) is 2.80. The van der Waals surface area contributed by atoms with Gasteiger partial charge in [-0.15, -0.1) is 0 Å². The number of ether oxygens (including phenoxy) is 1. The highest BCUT2D eigenvalue weighted by molar-refractivity contribution is 5.74. The molecule has 0 N–H and O–H groups in total. The van der Waals surface area contributed by atoms with Crippen LogP contribution in [0.15, 0.2) is 24.3 Å². The number of carbonyl (C=O) groups is 1. The molecule has 2 nitrogen and oxygen atoms in total. The molecule has 15 heavy (non-hydrogen) atoms. The second-order valence-corrected chi connectivity index (χ2v) is 4.03. The van der Waals surface area contributed by atoms with Gasteiger partial charge in [0.25, 0.3) is 0 Å². The summed E-state index contributed by atoms with van der Waals surface area (Å²) in [7, 11) is 0. The van der Waals surface area contributed by atoms with Crippen LogP contribution >= 0.6 is 0 Å². The summed E-state index contributed by atoms with van der Waals surface area (Å²) in [6, 6.07) is 7.80. The molecule has 1 aliphatic rings. The van der Waals surface area contributed by atoms with Gasteiger partial charge < -0.3 is 4.74 Å². The minimum Gasteiger partial charge on any atom is -0.378 e. The normalized spacial score (nSPS) is 20.4. The van der Waals surface area contributed by atoms with E-state index in [1.54, 1.807) is 0 Å². The minimum atomic E-state index is 0.454. The van der Waals surface area contributed by atoms with Gasteiger partial charge in [-0.05, 0) is 31.2 Å². The number of carbonyl (C=O) groups excluding carboxylic acids is 1. The lowest BCUT2D eigenvalue weighted by molar-refractivity contribution is 0.104. The van der Waals surface area contributed by atoms with E-state index in [2.05, 4.69) is 0 Å². The number of aryl methyl sites for hydroxylation is 1. The average molecular weight is 204 g/mol. The maximum Gasteiger partial charge on any atom is 0.150 e. The molecule has 0 aromatic heterocycles. The lowest BCUT2D eigenvalue weighted by Gasteiger charge is -2.08. The Labute approximate surface area is 90.3 Å². The predicted octanol–water partition coefficient (Wildman–Crippen LogP) is 2.61. The Kier molecular flexibility index (Phi) is 3.51. The molecular weight excluding hydrogens is 188 g/mol. The smallest absolute Gasteiger partial charge is 0.150 e. The zero-order chi connectivity index (χ0) is 10.5. The molecule has 0 spiro atoms. The topological polar surface area (TPSA) is 26.3 Å². The molecule has 0 unspecified atom stereocenters. The van der Waals surface area contributed by atoms with Gasteiger partial charge >= 0.3 is 0 Å². The third-order valence-electron chi connectivity index (χ3n) is 2.89. The second kappa shape index (κ2) is 5.08. The summed E-state index contributed by atoms with van der Waals surface area (Å²) < 4.78 is 5.56. The first-order valence-electron chi connectivity index (χ1n) is 5.54. The van der Waals surface area contributed by atoms with E-state index in [-0.39, 0.29) is 0 Å². The molecule has 0 saturated carbocycles. The van der Waals surface area contributed by atoms with E-state index < -0.39 is 0 Å². The van der Waals surface area contributed by atoms with Crippen molar-refractivity contribution >= 4 is 6.29 Å². The Balaban J connectivity index is 1.84. The van der Waals surface area contributed by atoms with E-state index in [0.29, 0.717) is 6.10 Å². The fourth-order valence-corrected chi connectivity index (χ4v) is 1.96. The van der Waals surface area contributed by atoms with E-state index >= 15 is 0 Å². The van der Waals surface area contributed by atoms with Gasteiger partial charge in [0.1, 0.15) is 6.29 Å². The molecule has 2 heteroatoms. The number of hydrogen-bond donors (Lipinski definition) is 0. The molecular formula is C13H16O2. The van der Waals surface area contributed by atoms with Crippen molar-refractivity contribution in [2.45, 2.75) is 31.8 Å². The van der Waals surface area contributed by atoms with Crippen LogP contribution in [0.3, 0.4) is 0 Å². The molecule has 1 aliphatic heterocycles. The van der Waals surface area contributed by atoms with E-state index in [9.17, 15) is 4.79 Å². The fraction of sp³-hybridized carbons (Fsp3) is 0.462. The van der Waals surface area contributed by atoms with Gasteiger partial charge in [0.05, 0.1) is 6.10 Å². The van der Waals surface area contributed by atoms with Gasteiger partial charge in [-0.2, -0.15) is 0 Å². The van der Waals surface area contributed by atoms with Crippen molar-refractivity contribution in [2.24, 2.45) is 0 Å². The molecule has 80 valence electrons.